The average molecular weight is 343 g/mol. The lowest BCUT2D eigenvalue weighted by molar-refractivity contribution is -0.385. The fraction of sp³-hybridized carbons (Fsp3) is 0.278. The monoisotopic (exact) mass is 343 g/mol. The minimum Gasteiger partial charge on any atom is -0.388 e. The first-order valence-corrected chi connectivity index (χ1v) is 7.97. The van der Waals surface area contributed by atoms with Crippen molar-refractivity contribution >= 4 is 11.7 Å². The second-order valence-electron chi connectivity index (χ2n) is 5.78. The smallest absolute Gasteiger partial charge is 0.315 e. The number of para-hydroxylation sites is 1. The number of amides is 2. The Morgan fingerprint density at radius 3 is 2.48 bits per heavy atom. The van der Waals surface area contributed by atoms with Crippen LogP contribution in [0.2, 0.25) is 0 Å². The minimum absolute atomic E-state index is 0.0321. The number of aliphatic hydroxyl groups excluding tert-OH is 1. The van der Waals surface area contributed by atoms with Crippen LogP contribution in [0.1, 0.15) is 30.6 Å². The molecule has 0 bridgehead atoms. The zero-order chi connectivity index (χ0) is 18.2. The van der Waals surface area contributed by atoms with Gasteiger partial charge in [-0.2, -0.15) is 0 Å². The number of urea groups is 1. The highest BCUT2D eigenvalue weighted by Crippen LogP contribution is 2.18. The molecule has 0 aromatic heterocycles. The van der Waals surface area contributed by atoms with Crippen molar-refractivity contribution in [1.29, 1.82) is 0 Å². The standard InChI is InChI=1S/C18H21N3O4/c1-13(11-17(22)14-7-3-2-4-8-14)20-18(23)19-12-15-9-5-6-10-16(15)21(24)25/h2-10,13,17,22H,11-12H2,1H3,(H2,19,20,23). The molecular formula is C18H21N3O4. The SMILES string of the molecule is CC(CC(O)c1ccccc1)NC(=O)NCc1ccccc1[N+](=O)[O-]. The van der Waals surface area contributed by atoms with E-state index in [1.807, 2.05) is 30.3 Å². The van der Waals surface area contributed by atoms with E-state index >= 15 is 0 Å². The Hall–Kier alpha value is -2.93. The molecule has 0 heterocycles. The molecule has 0 spiro atoms. The number of rotatable bonds is 7. The van der Waals surface area contributed by atoms with Crippen molar-refractivity contribution in [2.24, 2.45) is 0 Å². The van der Waals surface area contributed by atoms with Crippen molar-refractivity contribution in [3.05, 3.63) is 75.8 Å². The highest BCUT2D eigenvalue weighted by molar-refractivity contribution is 5.74. The van der Waals surface area contributed by atoms with E-state index in [1.165, 1.54) is 6.07 Å². The molecular weight excluding hydrogens is 322 g/mol. The third kappa shape index (κ3) is 5.58. The minimum atomic E-state index is -0.674. The lowest BCUT2D eigenvalue weighted by Crippen LogP contribution is -2.41. The maximum absolute atomic E-state index is 12.0. The highest BCUT2D eigenvalue weighted by Gasteiger charge is 2.16. The van der Waals surface area contributed by atoms with Gasteiger partial charge in [0.2, 0.25) is 0 Å². The fourth-order valence-corrected chi connectivity index (χ4v) is 2.49. The number of carbonyl (C=O) groups excluding carboxylic acids is 1. The highest BCUT2D eigenvalue weighted by atomic mass is 16.6. The number of nitro groups is 1. The number of aliphatic hydroxyl groups is 1. The lowest BCUT2D eigenvalue weighted by atomic mass is 10.0. The van der Waals surface area contributed by atoms with Gasteiger partial charge in [-0.15, -0.1) is 0 Å². The summed E-state index contributed by atoms with van der Waals surface area (Å²) in [6, 6.07) is 14.8. The number of benzene rings is 2. The van der Waals surface area contributed by atoms with E-state index in [1.54, 1.807) is 25.1 Å². The Labute approximate surface area is 145 Å². The van der Waals surface area contributed by atoms with Crippen LogP contribution in [0.15, 0.2) is 54.6 Å². The quantitative estimate of drug-likeness (QED) is 0.531. The van der Waals surface area contributed by atoms with E-state index in [-0.39, 0.29) is 18.3 Å². The van der Waals surface area contributed by atoms with Crippen molar-refractivity contribution in [3.63, 3.8) is 0 Å². The zero-order valence-electron chi connectivity index (χ0n) is 13.9. The summed E-state index contributed by atoms with van der Waals surface area (Å²) in [6.07, 6.45) is -0.310. The number of hydrogen-bond donors (Lipinski definition) is 3. The maximum atomic E-state index is 12.0. The number of carbonyl (C=O) groups is 1. The Bertz CT molecular complexity index is 721. The summed E-state index contributed by atoms with van der Waals surface area (Å²) in [7, 11) is 0. The molecule has 25 heavy (non-hydrogen) atoms. The van der Waals surface area contributed by atoms with E-state index in [4.69, 9.17) is 0 Å². The second kappa shape index (κ2) is 8.79. The van der Waals surface area contributed by atoms with Gasteiger partial charge in [0.25, 0.3) is 5.69 Å². The Kier molecular flexibility index (Phi) is 6.47. The van der Waals surface area contributed by atoms with Gasteiger partial charge in [0.1, 0.15) is 0 Å². The second-order valence-corrected chi connectivity index (χ2v) is 5.78. The first-order valence-electron chi connectivity index (χ1n) is 7.97. The molecule has 0 aliphatic rings. The Morgan fingerprint density at radius 2 is 1.80 bits per heavy atom. The predicted octanol–water partition coefficient (Wildman–Crippen LogP) is 2.91. The molecule has 0 radical (unpaired) electrons. The third-order valence-electron chi connectivity index (χ3n) is 3.77. The van der Waals surface area contributed by atoms with E-state index in [9.17, 15) is 20.0 Å². The van der Waals surface area contributed by atoms with E-state index in [0.717, 1.165) is 5.56 Å². The van der Waals surface area contributed by atoms with Gasteiger partial charge in [-0.05, 0) is 18.9 Å². The summed E-state index contributed by atoms with van der Waals surface area (Å²) < 4.78 is 0. The molecule has 7 heteroatoms. The molecule has 2 aromatic rings. The molecule has 0 aliphatic carbocycles. The molecule has 132 valence electrons. The van der Waals surface area contributed by atoms with Gasteiger partial charge < -0.3 is 15.7 Å². The first kappa shape index (κ1) is 18.4. The summed E-state index contributed by atoms with van der Waals surface area (Å²) in [5.41, 5.74) is 1.19. The topological polar surface area (TPSA) is 104 Å². The van der Waals surface area contributed by atoms with Crippen LogP contribution in [0.5, 0.6) is 0 Å². The van der Waals surface area contributed by atoms with Crippen LogP contribution < -0.4 is 10.6 Å². The number of nitrogens with one attached hydrogen (secondary N) is 2. The number of hydrogen-bond acceptors (Lipinski definition) is 4. The summed E-state index contributed by atoms with van der Waals surface area (Å²) in [4.78, 5) is 22.4. The zero-order valence-corrected chi connectivity index (χ0v) is 13.9. The number of nitro benzene ring substituents is 1. The van der Waals surface area contributed by atoms with Crippen LogP contribution in [0.4, 0.5) is 10.5 Å². The largest absolute Gasteiger partial charge is 0.388 e. The molecule has 2 unspecified atom stereocenters. The summed E-state index contributed by atoms with van der Waals surface area (Å²) in [5.74, 6) is 0. The third-order valence-corrected chi connectivity index (χ3v) is 3.77. The summed E-state index contributed by atoms with van der Waals surface area (Å²) in [6.45, 7) is 1.84. The van der Waals surface area contributed by atoms with Gasteiger partial charge in [-0.3, -0.25) is 10.1 Å². The molecule has 2 amide bonds. The first-order chi connectivity index (χ1) is 12.0. The van der Waals surface area contributed by atoms with Gasteiger partial charge in [0, 0.05) is 17.7 Å². The maximum Gasteiger partial charge on any atom is 0.315 e. The molecule has 3 N–H and O–H groups in total. The molecule has 0 aliphatic heterocycles. The fourth-order valence-electron chi connectivity index (χ4n) is 2.49. The average Bonchev–Trinajstić information content (AvgIpc) is 2.60. The van der Waals surface area contributed by atoms with Crippen molar-refractivity contribution in [1.82, 2.24) is 10.6 Å². The molecule has 0 fully saturated rings. The molecule has 7 nitrogen and oxygen atoms in total. The molecule has 2 aromatic carbocycles. The molecule has 2 rings (SSSR count). The van der Waals surface area contributed by atoms with E-state index in [0.29, 0.717) is 12.0 Å². The summed E-state index contributed by atoms with van der Waals surface area (Å²) >= 11 is 0. The van der Waals surface area contributed by atoms with Crippen LogP contribution in [0, 0.1) is 10.1 Å². The Morgan fingerprint density at radius 1 is 1.16 bits per heavy atom. The molecule has 0 saturated carbocycles. The van der Waals surface area contributed by atoms with Gasteiger partial charge in [-0.25, -0.2) is 4.79 Å². The van der Waals surface area contributed by atoms with Crippen molar-refractivity contribution in [3.8, 4) is 0 Å². The van der Waals surface area contributed by atoms with Gasteiger partial charge in [0.15, 0.2) is 0 Å². The van der Waals surface area contributed by atoms with Crippen LogP contribution >= 0.6 is 0 Å². The molecule has 0 saturated heterocycles. The lowest BCUT2D eigenvalue weighted by Gasteiger charge is -2.18. The predicted molar refractivity (Wildman–Crippen MR) is 93.9 cm³/mol. The summed E-state index contributed by atoms with van der Waals surface area (Å²) in [5, 5.41) is 26.4. The van der Waals surface area contributed by atoms with Crippen molar-refractivity contribution < 1.29 is 14.8 Å². The Balaban J connectivity index is 1.83. The van der Waals surface area contributed by atoms with Crippen LogP contribution in [-0.4, -0.2) is 22.1 Å². The van der Waals surface area contributed by atoms with Crippen LogP contribution in [0.25, 0.3) is 0 Å². The van der Waals surface area contributed by atoms with Gasteiger partial charge in [0.05, 0.1) is 17.6 Å². The van der Waals surface area contributed by atoms with Crippen LogP contribution in [0.3, 0.4) is 0 Å². The van der Waals surface area contributed by atoms with E-state index in [2.05, 4.69) is 10.6 Å². The van der Waals surface area contributed by atoms with Crippen molar-refractivity contribution in [2.45, 2.75) is 32.0 Å². The van der Waals surface area contributed by atoms with Gasteiger partial charge >= 0.3 is 6.03 Å². The normalized spacial score (nSPS) is 12.9. The van der Waals surface area contributed by atoms with Crippen molar-refractivity contribution in [2.75, 3.05) is 0 Å². The van der Waals surface area contributed by atoms with Crippen LogP contribution in [-0.2, 0) is 6.54 Å². The number of nitrogens with zero attached hydrogens (tertiary/aromatic N) is 1. The van der Waals surface area contributed by atoms with Gasteiger partial charge in [-0.1, -0.05) is 48.5 Å². The molecule has 2 atom stereocenters. The van der Waals surface area contributed by atoms with E-state index < -0.39 is 17.1 Å².